The van der Waals surface area contributed by atoms with Crippen LogP contribution in [0.25, 0.3) is 10.9 Å². The lowest BCUT2D eigenvalue weighted by atomic mass is 10.1. The van der Waals surface area contributed by atoms with E-state index in [1.807, 2.05) is 30.3 Å². The first-order valence-corrected chi connectivity index (χ1v) is 8.58. The molecule has 6 nitrogen and oxygen atoms in total. The van der Waals surface area contributed by atoms with Crippen molar-refractivity contribution in [1.29, 1.82) is 0 Å². The number of H-pyrrole nitrogens is 1. The van der Waals surface area contributed by atoms with E-state index in [1.165, 1.54) is 0 Å². The van der Waals surface area contributed by atoms with Gasteiger partial charge in [-0.05, 0) is 18.2 Å². The van der Waals surface area contributed by atoms with Gasteiger partial charge < -0.3 is 19.9 Å². The lowest BCUT2D eigenvalue weighted by Crippen LogP contribution is -2.40. The van der Waals surface area contributed by atoms with Gasteiger partial charge in [0.15, 0.2) is 0 Å². The molecule has 0 spiro atoms. The van der Waals surface area contributed by atoms with E-state index in [-0.39, 0.29) is 11.8 Å². The van der Waals surface area contributed by atoms with Gasteiger partial charge in [-0.25, -0.2) is 0 Å². The maximum atomic E-state index is 13.1. The summed E-state index contributed by atoms with van der Waals surface area (Å²) in [5.74, 6) is 0.0684. The predicted octanol–water partition coefficient (Wildman–Crippen LogP) is 2.89. The summed E-state index contributed by atoms with van der Waals surface area (Å²) in [6.07, 6.45) is 0. The highest BCUT2D eigenvalue weighted by Crippen LogP contribution is 2.28. The number of ether oxygens (including phenoxy) is 1. The summed E-state index contributed by atoms with van der Waals surface area (Å²) in [6, 6.07) is 16.5. The molecule has 132 valence electrons. The van der Waals surface area contributed by atoms with Gasteiger partial charge >= 0.3 is 0 Å². The first kappa shape index (κ1) is 16.4. The van der Waals surface area contributed by atoms with Gasteiger partial charge in [-0.1, -0.05) is 36.4 Å². The fourth-order valence-corrected chi connectivity index (χ4v) is 3.16. The van der Waals surface area contributed by atoms with E-state index in [0.29, 0.717) is 43.2 Å². The van der Waals surface area contributed by atoms with Crippen molar-refractivity contribution in [3.05, 3.63) is 65.7 Å². The zero-order valence-electron chi connectivity index (χ0n) is 14.2. The molecule has 1 aromatic heterocycles. The van der Waals surface area contributed by atoms with E-state index in [0.717, 1.165) is 10.9 Å². The van der Waals surface area contributed by atoms with Crippen molar-refractivity contribution >= 4 is 28.5 Å². The van der Waals surface area contributed by atoms with Crippen LogP contribution in [0.5, 0.6) is 0 Å². The van der Waals surface area contributed by atoms with E-state index in [1.54, 1.807) is 29.2 Å². The number of rotatable bonds is 3. The summed E-state index contributed by atoms with van der Waals surface area (Å²) in [4.78, 5) is 30.6. The predicted molar refractivity (Wildman–Crippen MR) is 99.4 cm³/mol. The Morgan fingerprint density at radius 2 is 1.65 bits per heavy atom. The zero-order valence-corrected chi connectivity index (χ0v) is 14.2. The Bertz CT molecular complexity index is 943. The van der Waals surface area contributed by atoms with Crippen LogP contribution in [0, 0.1) is 0 Å². The van der Waals surface area contributed by atoms with Crippen LogP contribution in [0.15, 0.2) is 54.6 Å². The van der Waals surface area contributed by atoms with E-state index in [4.69, 9.17) is 4.74 Å². The Kier molecular flexibility index (Phi) is 4.41. The number of nitrogens with zero attached hydrogens (tertiary/aromatic N) is 1. The number of para-hydroxylation sites is 1. The first-order chi connectivity index (χ1) is 12.7. The monoisotopic (exact) mass is 349 g/mol. The number of anilines is 1. The highest BCUT2D eigenvalue weighted by atomic mass is 16.5. The van der Waals surface area contributed by atoms with Gasteiger partial charge in [-0.15, -0.1) is 0 Å². The largest absolute Gasteiger partial charge is 0.378 e. The third-order valence-electron chi connectivity index (χ3n) is 4.49. The molecule has 0 bridgehead atoms. The second kappa shape index (κ2) is 7.01. The van der Waals surface area contributed by atoms with Crippen molar-refractivity contribution in [2.75, 3.05) is 31.6 Å². The Labute approximate surface area is 150 Å². The van der Waals surface area contributed by atoms with Crippen molar-refractivity contribution in [2.45, 2.75) is 0 Å². The quantitative estimate of drug-likeness (QED) is 0.763. The van der Waals surface area contributed by atoms with Crippen molar-refractivity contribution in [3.8, 4) is 0 Å². The molecule has 3 aromatic rings. The maximum Gasteiger partial charge on any atom is 0.258 e. The molecule has 2 N–H and O–H groups in total. The Morgan fingerprint density at radius 3 is 2.42 bits per heavy atom. The summed E-state index contributed by atoms with van der Waals surface area (Å²) in [5.41, 5.74) is 1.84. The molecule has 0 saturated carbocycles. The molecule has 2 heterocycles. The molecule has 6 heteroatoms. The minimum atomic E-state index is -0.256. The molecule has 0 atom stereocenters. The number of hydrogen-bond donors (Lipinski definition) is 2. The zero-order chi connectivity index (χ0) is 17.9. The van der Waals surface area contributed by atoms with Crippen LogP contribution in [0.1, 0.15) is 20.7 Å². The van der Waals surface area contributed by atoms with Gasteiger partial charge in [0.2, 0.25) is 0 Å². The minimum absolute atomic E-state index is 0.103. The molecule has 1 aliphatic rings. The number of carbonyl (C=O) groups excluding carboxylic acids is 2. The molecule has 0 radical (unpaired) electrons. The molecule has 1 fully saturated rings. The van der Waals surface area contributed by atoms with Crippen molar-refractivity contribution in [2.24, 2.45) is 0 Å². The number of benzene rings is 2. The van der Waals surface area contributed by atoms with Gasteiger partial charge in [-0.3, -0.25) is 9.59 Å². The number of aromatic amines is 1. The lowest BCUT2D eigenvalue weighted by molar-refractivity contribution is 0.0305. The molecule has 0 unspecified atom stereocenters. The van der Waals surface area contributed by atoms with Crippen LogP contribution < -0.4 is 5.32 Å². The van der Waals surface area contributed by atoms with Crippen LogP contribution in [0.4, 0.5) is 5.82 Å². The summed E-state index contributed by atoms with van der Waals surface area (Å²) in [5, 5.41) is 3.66. The first-order valence-electron chi connectivity index (χ1n) is 8.58. The number of aromatic nitrogens is 1. The maximum absolute atomic E-state index is 13.1. The van der Waals surface area contributed by atoms with Gasteiger partial charge in [0.25, 0.3) is 11.8 Å². The Morgan fingerprint density at radius 1 is 0.962 bits per heavy atom. The van der Waals surface area contributed by atoms with Gasteiger partial charge in [0.05, 0.1) is 18.8 Å². The lowest BCUT2D eigenvalue weighted by Gasteiger charge is -2.27. The minimum Gasteiger partial charge on any atom is -0.378 e. The van der Waals surface area contributed by atoms with E-state index < -0.39 is 0 Å². The van der Waals surface area contributed by atoms with Gasteiger partial charge in [0, 0.05) is 29.6 Å². The summed E-state index contributed by atoms with van der Waals surface area (Å²) >= 11 is 0. The molecule has 4 rings (SSSR count). The van der Waals surface area contributed by atoms with Gasteiger partial charge in [-0.2, -0.15) is 0 Å². The average molecular weight is 349 g/mol. The summed E-state index contributed by atoms with van der Waals surface area (Å²) in [7, 11) is 0. The van der Waals surface area contributed by atoms with Crippen LogP contribution >= 0.6 is 0 Å². The topological polar surface area (TPSA) is 74.4 Å². The number of fused-ring (bicyclic) bond motifs is 1. The Hall–Kier alpha value is -3.12. The third kappa shape index (κ3) is 3.07. The fraction of sp³-hybridized carbons (Fsp3) is 0.200. The summed E-state index contributed by atoms with van der Waals surface area (Å²) in [6.45, 7) is 2.15. The molecular formula is C20H19N3O3. The van der Waals surface area contributed by atoms with Crippen LogP contribution in [0.3, 0.4) is 0 Å². The number of carbonyl (C=O) groups is 2. The van der Waals surface area contributed by atoms with Crippen LogP contribution in [-0.4, -0.2) is 48.0 Å². The SMILES string of the molecule is O=C(Nc1[nH]c2ccccc2c1C(=O)N1CCOCC1)c1ccccc1. The van der Waals surface area contributed by atoms with E-state index >= 15 is 0 Å². The van der Waals surface area contributed by atoms with Crippen LogP contribution in [-0.2, 0) is 4.74 Å². The Balaban J connectivity index is 1.72. The molecule has 2 aromatic carbocycles. The van der Waals surface area contributed by atoms with Crippen molar-refractivity contribution in [1.82, 2.24) is 9.88 Å². The molecular weight excluding hydrogens is 330 g/mol. The van der Waals surface area contributed by atoms with Gasteiger partial charge in [0.1, 0.15) is 5.82 Å². The van der Waals surface area contributed by atoms with Crippen molar-refractivity contribution in [3.63, 3.8) is 0 Å². The second-order valence-electron chi connectivity index (χ2n) is 6.15. The molecule has 26 heavy (non-hydrogen) atoms. The number of amides is 2. The van der Waals surface area contributed by atoms with E-state index in [9.17, 15) is 9.59 Å². The molecule has 0 aliphatic carbocycles. The normalized spacial score (nSPS) is 14.4. The second-order valence-corrected chi connectivity index (χ2v) is 6.15. The molecule has 2 amide bonds. The number of hydrogen-bond acceptors (Lipinski definition) is 3. The van der Waals surface area contributed by atoms with E-state index in [2.05, 4.69) is 10.3 Å². The smallest absolute Gasteiger partial charge is 0.258 e. The number of morpholine rings is 1. The molecule has 1 saturated heterocycles. The standard InChI is InChI=1S/C20H19N3O3/c24-19(14-6-2-1-3-7-14)22-18-17(15-8-4-5-9-16(15)21-18)20(25)23-10-12-26-13-11-23/h1-9,21H,10-13H2,(H,22,24). The van der Waals surface area contributed by atoms with Crippen LogP contribution in [0.2, 0.25) is 0 Å². The third-order valence-corrected chi connectivity index (χ3v) is 4.49. The highest BCUT2D eigenvalue weighted by molar-refractivity contribution is 6.15. The average Bonchev–Trinajstić information content (AvgIpc) is 3.06. The molecule has 1 aliphatic heterocycles. The number of nitrogens with one attached hydrogen (secondary N) is 2. The summed E-state index contributed by atoms with van der Waals surface area (Å²) < 4.78 is 5.34. The fourth-order valence-electron chi connectivity index (χ4n) is 3.16. The highest BCUT2D eigenvalue weighted by Gasteiger charge is 2.26. The van der Waals surface area contributed by atoms with Crippen molar-refractivity contribution < 1.29 is 14.3 Å².